The molecule has 0 radical (unpaired) electrons. The first-order valence-electron chi connectivity index (χ1n) is 9.71. The Morgan fingerprint density at radius 1 is 1.28 bits per heavy atom. The summed E-state index contributed by atoms with van der Waals surface area (Å²) in [4.78, 5) is 36.0. The lowest BCUT2D eigenvalue weighted by Gasteiger charge is -2.30. The molecule has 2 aliphatic heterocycles. The molecule has 152 valence electrons. The van der Waals surface area contributed by atoms with Crippen molar-refractivity contribution in [3.05, 3.63) is 35.1 Å². The van der Waals surface area contributed by atoms with Crippen molar-refractivity contribution in [2.45, 2.75) is 38.5 Å². The minimum Gasteiger partial charge on any atom is -0.383 e. The molecular formula is C20H23FN6O2. The number of rotatable bonds is 3. The van der Waals surface area contributed by atoms with E-state index in [4.69, 9.17) is 5.73 Å². The molecule has 1 aromatic carbocycles. The number of carbonyl (C=O) groups excluding carboxylic acids is 2. The Morgan fingerprint density at radius 3 is 2.76 bits per heavy atom. The molecule has 4 N–H and O–H groups in total. The van der Waals surface area contributed by atoms with Gasteiger partial charge in [0, 0.05) is 19.5 Å². The molecule has 8 nitrogen and oxygen atoms in total. The number of benzene rings is 1. The third-order valence-corrected chi connectivity index (χ3v) is 5.30. The lowest BCUT2D eigenvalue weighted by molar-refractivity contribution is -0.123. The zero-order valence-corrected chi connectivity index (χ0v) is 16.2. The highest BCUT2D eigenvalue weighted by Crippen LogP contribution is 2.37. The van der Waals surface area contributed by atoms with Gasteiger partial charge in [-0.3, -0.25) is 9.59 Å². The minimum absolute atomic E-state index is 0.0533. The summed E-state index contributed by atoms with van der Waals surface area (Å²) < 4.78 is 14.1. The number of aryl methyl sites for hydroxylation is 1. The second kappa shape index (κ2) is 7.65. The Morgan fingerprint density at radius 2 is 2.03 bits per heavy atom. The van der Waals surface area contributed by atoms with Gasteiger partial charge in [-0.1, -0.05) is 6.07 Å². The van der Waals surface area contributed by atoms with Gasteiger partial charge >= 0.3 is 0 Å². The van der Waals surface area contributed by atoms with Crippen LogP contribution in [0.15, 0.2) is 18.2 Å². The minimum atomic E-state index is -0.894. The Labute approximate surface area is 167 Å². The average molecular weight is 398 g/mol. The van der Waals surface area contributed by atoms with Crippen LogP contribution in [-0.2, 0) is 9.59 Å². The SMILES string of the molecule is Cc1ccc(NC(=O)[C@H]2CC(=O)Nc3nc(N4CCCCC4)nc(N)c32)c(F)c1. The maximum absolute atomic E-state index is 14.1. The molecule has 0 unspecified atom stereocenters. The predicted octanol–water partition coefficient (Wildman–Crippen LogP) is 2.56. The summed E-state index contributed by atoms with van der Waals surface area (Å²) >= 11 is 0. The Balaban J connectivity index is 1.64. The van der Waals surface area contributed by atoms with Crippen LogP contribution in [0.2, 0.25) is 0 Å². The van der Waals surface area contributed by atoms with E-state index in [-0.39, 0.29) is 29.7 Å². The quantitative estimate of drug-likeness (QED) is 0.732. The second-order valence-electron chi connectivity index (χ2n) is 7.50. The topological polar surface area (TPSA) is 113 Å². The van der Waals surface area contributed by atoms with Gasteiger partial charge < -0.3 is 21.3 Å². The van der Waals surface area contributed by atoms with Crippen molar-refractivity contribution < 1.29 is 14.0 Å². The number of piperidine rings is 1. The zero-order valence-electron chi connectivity index (χ0n) is 16.2. The number of hydrogen-bond donors (Lipinski definition) is 3. The van der Waals surface area contributed by atoms with Gasteiger partial charge in [0.25, 0.3) is 0 Å². The van der Waals surface area contributed by atoms with E-state index in [2.05, 4.69) is 20.6 Å². The number of aromatic nitrogens is 2. The first-order chi connectivity index (χ1) is 13.9. The molecule has 1 fully saturated rings. The third-order valence-electron chi connectivity index (χ3n) is 5.30. The molecule has 2 amide bonds. The molecule has 9 heteroatoms. The van der Waals surface area contributed by atoms with Crippen LogP contribution in [0.1, 0.15) is 42.7 Å². The highest BCUT2D eigenvalue weighted by molar-refractivity contribution is 6.05. The Kier molecular flexibility index (Phi) is 5.04. The monoisotopic (exact) mass is 398 g/mol. The van der Waals surface area contributed by atoms with Crippen molar-refractivity contribution in [3.8, 4) is 0 Å². The molecule has 0 saturated carbocycles. The van der Waals surface area contributed by atoms with Gasteiger partial charge in [-0.25, -0.2) is 4.39 Å². The number of nitrogens with two attached hydrogens (primary N) is 1. The summed E-state index contributed by atoms with van der Waals surface area (Å²) in [6.07, 6.45) is 3.13. The van der Waals surface area contributed by atoms with Crippen molar-refractivity contribution in [3.63, 3.8) is 0 Å². The maximum atomic E-state index is 14.1. The normalized spacial score (nSPS) is 18.8. The van der Waals surface area contributed by atoms with E-state index in [0.29, 0.717) is 11.5 Å². The number of hydrogen-bond acceptors (Lipinski definition) is 6. The van der Waals surface area contributed by atoms with E-state index in [0.717, 1.165) is 37.9 Å². The van der Waals surface area contributed by atoms with Gasteiger partial charge in [0.2, 0.25) is 17.8 Å². The average Bonchev–Trinajstić information content (AvgIpc) is 2.69. The fraction of sp³-hybridized carbons (Fsp3) is 0.400. The first kappa shape index (κ1) is 19.1. The van der Waals surface area contributed by atoms with Gasteiger partial charge in [0.05, 0.1) is 17.2 Å². The molecule has 1 aromatic heterocycles. The summed E-state index contributed by atoms with van der Waals surface area (Å²) in [5, 5.41) is 5.26. The number of nitrogens with zero attached hydrogens (tertiary/aromatic N) is 3. The van der Waals surface area contributed by atoms with Crippen LogP contribution in [0.3, 0.4) is 0 Å². The van der Waals surface area contributed by atoms with Crippen LogP contribution >= 0.6 is 0 Å². The molecule has 2 aliphatic rings. The number of carbonyl (C=O) groups is 2. The fourth-order valence-electron chi connectivity index (χ4n) is 3.78. The molecule has 1 atom stereocenters. The highest BCUT2D eigenvalue weighted by atomic mass is 19.1. The lowest BCUT2D eigenvalue weighted by atomic mass is 9.91. The predicted molar refractivity (Wildman–Crippen MR) is 108 cm³/mol. The van der Waals surface area contributed by atoms with Crippen LogP contribution in [0, 0.1) is 12.7 Å². The van der Waals surface area contributed by atoms with Crippen molar-refractivity contribution in [1.82, 2.24) is 9.97 Å². The van der Waals surface area contributed by atoms with Crippen molar-refractivity contribution in [1.29, 1.82) is 0 Å². The molecule has 0 spiro atoms. The Bertz CT molecular complexity index is 974. The lowest BCUT2D eigenvalue weighted by Crippen LogP contribution is -2.35. The number of nitrogens with one attached hydrogen (secondary N) is 2. The molecule has 29 heavy (non-hydrogen) atoms. The zero-order chi connectivity index (χ0) is 20.5. The van der Waals surface area contributed by atoms with E-state index in [1.165, 1.54) is 12.1 Å². The molecule has 0 bridgehead atoms. The molecule has 4 rings (SSSR count). The number of nitrogen functional groups attached to an aromatic ring is 1. The van der Waals surface area contributed by atoms with Crippen molar-refractivity contribution in [2.24, 2.45) is 0 Å². The van der Waals surface area contributed by atoms with Gasteiger partial charge in [-0.05, 0) is 43.9 Å². The van der Waals surface area contributed by atoms with E-state index in [9.17, 15) is 14.0 Å². The summed E-state index contributed by atoms with van der Waals surface area (Å²) in [7, 11) is 0. The van der Waals surface area contributed by atoms with Gasteiger partial charge in [0.1, 0.15) is 17.5 Å². The molecule has 1 saturated heterocycles. The van der Waals surface area contributed by atoms with Crippen LogP contribution in [-0.4, -0.2) is 34.9 Å². The summed E-state index contributed by atoms with van der Waals surface area (Å²) in [6.45, 7) is 3.40. The van der Waals surface area contributed by atoms with E-state index >= 15 is 0 Å². The van der Waals surface area contributed by atoms with Gasteiger partial charge in [-0.15, -0.1) is 0 Å². The van der Waals surface area contributed by atoms with Gasteiger partial charge in [0.15, 0.2) is 0 Å². The Hall–Kier alpha value is -3.23. The van der Waals surface area contributed by atoms with Crippen molar-refractivity contribution >= 4 is 35.1 Å². The summed E-state index contributed by atoms with van der Waals surface area (Å²) in [6, 6.07) is 4.52. The first-order valence-corrected chi connectivity index (χ1v) is 9.71. The van der Waals surface area contributed by atoms with E-state index < -0.39 is 17.6 Å². The maximum Gasteiger partial charge on any atom is 0.232 e. The van der Waals surface area contributed by atoms with Crippen LogP contribution in [0.5, 0.6) is 0 Å². The van der Waals surface area contributed by atoms with Crippen LogP contribution in [0.25, 0.3) is 0 Å². The summed E-state index contributed by atoms with van der Waals surface area (Å²) in [5.74, 6) is -1.45. The molecule has 0 aliphatic carbocycles. The summed E-state index contributed by atoms with van der Waals surface area (Å²) in [5.41, 5.74) is 7.35. The van der Waals surface area contributed by atoms with E-state index in [1.54, 1.807) is 13.0 Å². The van der Waals surface area contributed by atoms with Crippen LogP contribution < -0.4 is 21.3 Å². The van der Waals surface area contributed by atoms with E-state index in [1.807, 2.05) is 4.90 Å². The fourth-order valence-corrected chi connectivity index (χ4v) is 3.78. The number of anilines is 4. The van der Waals surface area contributed by atoms with Crippen LogP contribution in [0.4, 0.5) is 27.7 Å². The van der Waals surface area contributed by atoms with Gasteiger partial charge in [-0.2, -0.15) is 9.97 Å². The number of halogens is 1. The third kappa shape index (κ3) is 3.85. The second-order valence-corrected chi connectivity index (χ2v) is 7.50. The van der Waals surface area contributed by atoms with Crippen molar-refractivity contribution in [2.75, 3.05) is 34.4 Å². The largest absolute Gasteiger partial charge is 0.383 e. The molecule has 3 heterocycles. The smallest absolute Gasteiger partial charge is 0.232 e. The highest BCUT2D eigenvalue weighted by Gasteiger charge is 2.35. The molecular weight excluding hydrogens is 375 g/mol. The number of fused-ring (bicyclic) bond motifs is 1. The number of amides is 2. The standard InChI is InChI=1S/C20H23FN6O2/c1-11-5-6-14(13(21)9-11)23-19(29)12-10-15(28)24-18-16(12)17(22)25-20(26-18)27-7-3-2-4-8-27/h5-6,9,12H,2-4,7-8,10H2,1H3,(H,23,29)(H3,22,24,25,26,28)/t12-/m0/s1. The molecule has 2 aromatic rings.